The highest BCUT2D eigenvalue weighted by atomic mass is 35.5. The van der Waals surface area contributed by atoms with Crippen molar-refractivity contribution >= 4 is 31.5 Å². The second-order valence-electron chi connectivity index (χ2n) is 13.4. The van der Waals surface area contributed by atoms with Gasteiger partial charge < -0.3 is 19.2 Å². The van der Waals surface area contributed by atoms with Gasteiger partial charge in [-0.05, 0) is 104 Å². The van der Waals surface area contributed by atoms with Crippen LogP contribution in [-0.4, -0.2) is 46.2 Å². The highest BCUT2D eigenvalue weighted by molar-refractivity contribution is 6.74. The van der Waals surface area contributed by atoms with Crippen LogP contribution in [0, 0.1) is 11.8 Å². The Balaban J connectivity index is 1.47. The maximum absolute atomic E-state index is 6.67. The normalized spacial score (nSPS) is 23.4. The number of nitrogens with zero attached hydrogens (tertiary/aromatic N) is 1. The third-order valence-corrected chi connectivity index (χ3v) is 14.8. The first-order chi connectivity index (χ1) is 19.4. The highest BCUT2D eigenvalue weighted by Gasteiger charge is 2.40. The van der Waals surface area contributed by atoms with E-state index in [-0.39, 0.29) is 16.6 Å². The molecule has 1 aromatic heterocycles. The molecule has 0 aliphatic heterocycles. The van der Waals surface area contributed by atoms with Crippen LogP contribution in [0.3, 0.4) is 0 Å². The summed E-state index contributed by atoms with van der Waals surface area (Å²) in [4.78, 5) is 4.63. The number of ether oxygens (including phenoxy) is 2. The first kappa shape index (κ1) is 32.5. The zero-order chi connectivity index (χ0) is 29.8. The lowest BCUT2D eigenvalue weighted by Gasteiger charge is -2.43. The summed E-state index contributed by atoms with van der Waals surface area (Å²) >= 11 is 13.1. The molecule has 1 heterocycles. The van der Waals surface area contributed by atoms with Gasteiger partial charge >= 0.3 is 0 Å². The fraction of sp³-hybridized carbons (Fsp3) is 0.606. The summed E-state index contributed by atoms with van der Waals surface area (Å²) in [7, 11) is -0.104. The lowest BCUT2D eigenvalue weighted by atomic mass is 9.69. The van der Waals surface area contributed by atoms with Gasteiger partial charge in [-0.25, -0.2) is 4.98 Å². The number of fused-ring (bicyclic) bond motifs is 1. The molecule has 8 heteroatoms. The van der Waals surface area contributed by atoms with Crippen molar-refractivity contribution in [3.8, 4) is 5.75 Å². The van der Waals surface area contributed by atoms with E-state index >= 15 is 0 Å². The molecule has 5 nitrogen and oxygen atoms in total. The van der Waals surface area contributed by atoms with E-state index in [2.05, 4.69) is 62.9 Å². The second kappa shape index (κ2) is 13.5. The molecule has 1 aromatic carbocycles. The van der Waals surface area contributed by atoms with Crippen LogP contribution in [-0.2, 0) is 27.6 Å². The zero-order valence-electron chi connectivity index (χ0n) is 25.7. The number of halogens is 2. The van der Waals surface area contributed by atoms with Crippen LogP contribution in [0.15, 0.2) is 43.0 Å². The average molecular weight is 620 g/mol. The van der Waals surface area contributed by atoms with Crippen LogP contribution in [0.2, 0.25) is 28.3 Å². The van der Waals surface area contributed by atoms with Gasteiger partial charge in [0, 0.05) is 24.1 Å². The maximum Gasteiger partial charge on any atom is 0.192 e. The van der Waals surface area contributed by atoms with Gasteiger partial charge in [0.05, 0.1) is 25.0 Å². The Hall–Kier alpha value is -1.41. The average Bonchev–Trinajstić information content (AvgIpc) is 2.91. The lowest BCUT2D eigenvalue weighted by Crippen LogP contribution is -2.48. The molecule has 0 amide bonds. The van der Waals surface area contributed by atoms with Gasteiger partial charge in [-0.15, -0.1) is 6.58 Å². The van der Waals surface area contributed by atoms with E-state index in [0.717, 1.165) is 43.1 Å². The number of aryl methyl sites for hydroxylation is 1. The van der Waals surface area contributed by atoms with Crippen molar-refractivity contribution in [2.45, 2.75) is 89.1 Å². The molecule has 0 bridgehead atoms. The Morgan fingerprint density at radius 2 is 1.98 bits per heavy atom. The van der Waals surface area contributed by atoms with Crippen LogP contribution in [0.4, 0.5) is 0 Å². The van der Waals surface area contributed by atoms with Crippen molar-refractivity contribution in [3.05, 3.63) is 70.0 Å². The van der Waals surface area contributed by atoms with Crippen molar-refractivity contribution in [1.82, 2.24) is 10.3 Å². The number of nitrogens with one attached hydrogen (secondary N) is 1. The Morgan fingerprint density at radius 1 is 1.20 bits per heavy atom. The van der Waals surface area contributed by atoms with Crippen molar-refractivity contribution in [2.24, 2.45) is 11.8 Å². The number of pyridine rings is 1. The molecule has 0 saturated heterocycles. The molecular weight excluding hydrogens is 571 g/mol. The Kier molecular flexibility index (Phi) is 10.7. The smallest absolute Gasteiger partial charge is 0.192 e. The van der Waals surface area contributed by atoms with Crippen LogP contribution < -0.4 is 10.1 Å². The molecule has 2 aliphatic carbocycles. The van der Waals surface area contributed by atoms with Crippen LogP contribution in [0.5, 0.6) is 5.75 Å². The second-order valence-corrected chi connectivity index (χ2v) is 19.0. The lowest BCUT2D eigenvalue weighted by molar-refractivity contribution is 0.0106. The van der Waals surface area contributed by atoms with Gasteiger partial charge in [-0.1, -0.05) is 56.1 Å². The predicted molar refractivity (Wildman–Crippen MR) is 173 cm³/mol. The molecular formula is C33H48Cl2N2O3Si. The van der Waals surface area contributed by atoms with E-state index in [1.165, 1.54) is 24.0 Å². The predicted octanol–water partition coefficient (Wildman–Crippen LogP) is 8.38. The van der Waals surface area contributed by atoms with Crippen molar-refractivity contribution in [2.75, 3.05) is 26.8 Å². The van der Waals surface area contributed by atoms with Crippen molar-refractivity contribution in [1.29, 1.82) is 0 Å². The van der Waals surface area contributed by atoms with Crippen molar-refractivity contribution in [3.63, 3.8) is 0 Å². The quantitative estimate of drug-likeness (QED) is 0.139. The molecule has 4 rings (SSSR count). The minimum atomic E-state index is -1.88. The summed E-state index contributed by atoms with van der Waals surface area (Å²) in [5.41, 5.74) is 3.26. The Bertz CT molecular complexity index is 1200. The van der Waals surface area contributed by atoms with E-state index < -0.39 is 8.32 Å². The molecule has 4 atom stereocenters. The van der Waals surface area contributed by atoms with E-state index in [1.807, 2.05) is 24.3 Å². The largest absolute Gasteiger partial charge is 0.489 e. The fourth-order valence-corrected chi connectivity index (χ4v) is 7.34. The van der Waals surface area contributed by atoms with Gasteiger partial charge in [0.25, 0.3) is 0 Å². The Labute approximate surface area is 258 Å². The number of rotatable bonds is 13. The Morgan fingerprint density at radius 3 is 2.61 bits per heavy atom. The fourth-order valence-electron chi connectivity index (χ4n) is 5.98. The molecule has 0 radical (unpaired) electrons. The maximum atomic E-state index is 6.67. The molecule has 2 aromatic rings. The van der Waals surface area contributed by atoms with Crippen molar-refractivity contribution < 1.29 is 13.9 Å². The van der Waals surface area contributed by atoms with Gasteiger partial charge in [-0.3, -0.25) is 0 Å². The summed E-state index contributed by atoms with van der Waals surface area (Å²) in [5.74, 6) is 1.72. The van der Waals surface area contributed by atoms with Gasteiger partial charge in [0.15, 0.2) is 19.2 Å². The van der Waals surface area contributed by atoms with E-state index in [0.29, 0.717) is 36.0 Å². The standard InChI is InChI=1S/C33H48Cl2N2O3Si/c1-8-29(38-5)27-14-11-24(27)19-36-21-33(17-9-10-23-18-25(34)12-15-28(23)33)22-39-30-16-13-26(37-31(30)35)20-40-41(6,7)32(2,3)4/h8,12-13,15-16,18,24,27,29,36H,1,9-11,14,17,19-22H2,2-7H3/t24-,27+,29-,33-/m0/s1. The topological polar surface area (TPSA) is 52.6 Å². The number of hydrogen-bond acceptors (Lipinski definition) is 5. The molecule has 0 spiro atoms. The molecule has 2 aliphatic rings. The molecule has 1 saturated carbocycles. The SMILES string of the molecule is C=C[C@H](OC)[C@@H]1CC[C@H]1CNC[C@]1(COc2ccc(CO[Si](C)(C)C(C)(C)C)nc2Cl)CCCc2cc(Cl)ccc21. The summed E-state index contributed by atoms with van der Waals surface area (Å²) in [6.45, 7) is 17.9. The monoisotopic (exact) mass is 618 g/mol. The molecule has 1 N–H and O–H groups in total. The van der Waals surface area contributed by atoms with Crippen LogP contribution in [0.25, 0.3) is 0 Å². The van der Waals surface area contributed by atoms with Crippen LogP contribution in [0.1, 0.15) is 63.3 Å². The number of aromatic nitrogens is 1. The first-order valence-electron chi connectivity index (χ1n) is 15.0. The number of hydrogen-bond donors (Lipinski definition) is 1. The summed E-state index contributed by atoms with van der Waals surface area (Å²) in [6, 6.07) is 10.2. The first-order valence-corrected chi connectivity index (χ1v) is 18.6. The van der Waals surface area contributed by atoms with E-state index in [1.54, 1.807) is 7.11 Å². The minimum absolute atomic E-state index is 0.121. The van der Waals surface area contributed by atoms with E-state index in [9.17, 15) is 0 Å². The van der Waals surface area contributed by atoms with Gasteiger partial charge in [0.2, 0.25) is 0 Å². The third-order valence-electron chi connectivity index (χ3n) is 9.78. The molecule has 1 fully saturated rings. The molecule has 0 unspecified atom stereocenters. The number of benzene rings is 1. The highest BCUT2D eigenvalue weighted by Crippen LogP contribution is 2.41. The zero-order valence-corrected chi connectivity index (χ0v) is 28.2. The van der Waals surface area contributed by atoms with E-state index in [4.69, 9.17) is 37.1 Å². The summed E-state index contributed by atoms with van der Waals surface area (Å²) < 4.78 is 18.5. The minimum Gasteiger partial charge on any atom is -0.489 e. The summed E-state index contributed by atoms with van der Waals surface area (Å²) in [6.07, 6.45) is 7.61. The van der Waals surface area contributed by atoms with Gasteiger partial charge in [0.1, 0.15) is 0 Å². The van der Waals surface area contributed by atoms with Crippen LogP contribution >= 0.6 is 23.2 Å². The molecule has 226 valence electrons. The molecule has 41 heavy (non-hydrogen) atoms. The van der Waals surface area contributed by atoms with Gasteiger partial charge in [-0.2, -0.15) is 0 Å². The summed E-state index contributed by atoms with van der Waals surface area (Å²) in [5, 5.41) is 5.12. The third kappa shape index (κ3) is 7.57. The number of methoxy groups -OCH3 is 1.